The van der Waals surface area contributed by atoms with Gasteiger partial charge in [0.2, 0.25) is 5.91 Å². The van der Waals surface area contributed by atoms with Crippen LogP contribution in [0, 0.1) is 0 Å². The lowest BCUT2D eigenvalue weighted by Crippen LogP contribution is -2.31. The van der Waals surface area contributed by atoms with Crippen LogP contribution in [0.3, 0.4) is 0 Å². The van der Waals surface area contributed by atoms with E-state index in [1.54, 1.807) is 0 Å². The molecule has 1 unspecified atom stereocenters. The summed E-state index contributed by atoms with van der Waals surface area (Å²) in [6.07, 6.45) is 1.32. The molecular weight excluding hydrogens is 170 g/mol. The zero-order valence-corrected chi connectivity index (χ0v) is 8.21. The molecule has 0 aromatic rings. The molecule has 1 rings (SSSR count). The third-order valence-corrected chi connectivity index (χ3v) is 2.02. The third kappa shape index (κ3) is 3.74. The van der Waals surface area contributed by atoms with E-state index in [4.69, 9.17) is 9.47 Å². The van der Waals surface area contributed by atoms with Crippen LogP contribution in [0.2, 0.25) is 0 Å². The number of rotatable bonds is 5. The van der Waals surface area contributed by atoms with E-state index in [0.29, 0.717) is 19.6 Å². The van der Waals surface area contributed by atoms with Crippen molar-refractivity contribution in [3.63, 3.8) is 0 Å². The van der Waals surface area contributed by atoms with Crippen LogP contribution < -0.4 is 5.32 Å². The molecule has 76 valence electrons. The number of carbonyl (C=O) groups excluding carboxylic acids is 1. The zero-order chi connectivity index (χ0) is 9.68. The Balaban J connectivity index is 2.08. The number of amides is 1. The molecule has 0 aliphatic carbocycles. The van der Waals surface area contributed by atoms with Gasteiger partial charge in [-0.1, -0.05) is 0 Å². The van der Waals surface area contributed by atoms with Crippen LogP contribution in [0.4, 0.5) is 0 Å². The van der Waals surface area contributed by atoms with Gasteiger partial charge in [0.25, 0.3) is 0 Å². The second kappa shape index (κ2) is 5.19. The van der Waals surface area contributed by atoms with Crippen molar-refractivity contribution in [1.29, 1.82) is 0 Å². The quantitative estimate of drug-likeness (QED) is 0.643. The summed E-state index contributed by atoms with van der Waals surface area (Å²) in [7, 11) is 0. The molecule has 0 bridgehead atoms. The van der Waals surface area contributed by atoms with Crippen LogP contribution in [0.5, 0.6) is 0 Å². The van der Waals surface area contributed by atoms with Gasteiger partial charge in [0, 0.05) is 13.0 Å². The highest BCUT2D eigenvalue weighted by molar-refractivity contribution is 5.78. The zero-order valence-electron chi connectivity index (χ0n) is 8.21. The van der Waals surface area contributed by atoms with Crippen LogP contribution in [-0.4, -0.2) is 31.5 Å². The molecule has 1 saturated heterocycles. The van der Waals surface area contributed by atoms with Gasteiger partial charge in [-0.15, -0.1) is 0 Å². The minimum Gasteiger partial charge on any atom is -0.353 e. The van der Waals surface area contributed by atoms with Gasteiger partial charge >= 0.3 is 0 Å². The number of carbonyl (C=O) groups is 1. The van der Waals surface area contributed by atoms with E-state index in [9.17, 15) is 4.79 Å². The van der Waals surface area contributed by atoms with Crippen molar-refractivity contribution >= 4 is 5.91 Å². The first-order valence-corrected chi connectivity index (χ1v) is 4.75. The lowest BCUT2D eigenvalue weighted by Gasteiger charge is -2.15. The predicted octanol–water partition coefficient (Wildman–Crippen LogP) is 0.664. The maximum atomic E-state index is 10.8. The van der Waals surface area contributed by atoms with Gasteiger partial charge in [-0.05, 0) is 20.3 Å². The average molecular weight is 187 g/mol. The van der Waals surface area contributed by atoms with E-state index in [0.717, 1.165) is 6.42 Å². The van der Waals surface area contributed by atoms with Crippen molar-refractivity contribution in [3.05, 3.63) is 0 Å². The van der Waals surface area contributed by atoms with E-state index < -0.39 is 0 Å². The van der Waals surface area contributed by atoms with Crippen molar-refractivity contribution in [2.45, 2.75) is 39.0 Å². The second-order valence-electron chi connectivity index (χ2n) is 3.16. The van der Waals surface area contributed by atoms with Gasteiger partial charge in [0.05, 0.1) is 12.6 Å². The average Bonchev–Trinajstić information content (AvgIpc) is 2.49. The molecule has 2 atom stereocenters. The molecule has 0 saturated carbocycles. The monoisotopic (exact) mass is 187 g/mol. The Bertz CT molecular complexity index is 172. The Morgan fingerprint density at radius 2 is 2.38 bits per heavy atom. The molecule has 1 amide bonds. The fraction of sp³-hybridized carbons (Fsp3) is 0.889. The molecule has 1 fully saturated rings. The van der Waals surface area contributed by atoms with E-state index >= 15 is 0 Å². The Labute approximate surface area is 78.6 Å². The Morgan fingerprint density at radius 1 is 1.62 bits per heavy atom. The van der Waals surface area contributed by atoms with Crippen LogP contribution in [0.25, 0.3) is 0 Å². The Hall–Kier alpha value is -0.610. The molecule has 1 N–H and O–H groups in total. The Morgan fingerprint density at radius 3 is 2.92 bits per heavy atom. The predicted molar refractivity (Wildman–Crippen MR) is 48.2 cm³/mol. The number of hydrogen-bond acceptors (Lipinski definition) is 3. The van der Waals surface area contributed by atoms with E-state index in [1.165, 1.54) is 0 Å². The maximum absolute atomic E-state index is 10.8. The SMILES string of the molecule is CCOC(C)OC[C@@H]1CCC(=O)N1. The first-order valence-electron chi connectivity index (χ1n) is 4.75. The molecule has 1 aliphatic heterocycles. The fourth-order valence-electron chi connectivity index (χ4n) is 1.34. The first kappa shape index (κ1) is 10.5. The topological polar surface area (TPSA) is 47.6 Å². The van der Waals surface area contributed by atoms with Crippen molar-refractivity contribution in [1.82, 2.24) is 5.32 Å². The smallest absolute Gasteiger partial charge is 0.220 e. The van der Waals surface area contributed by atoms with Gasteiger partial charge in [0.1, 0.15) is 0 Å². The summed E-state index contributed by atoms with van der Waals surface area (Å²) < 4.78 is 10.6. The summed E-state index contributed by atoms with van der Waals surface area (Å²) in [5.74, 6) is 0.123. The summed E-state index contributed by atoms with van der Waals surface area (Å²) >= 11 is 0. The normalized spacial score (nSPS) is 24.5. The number of nitrogens with one attached hydrogen (secondary N) is 1. The highest BCUT2D eigenvalue weighted by atomic mass is 16.7. The fourth-order valence-corrected chi connectivity index (χ4v) is 1.34. The van der Waals surface area contributed by atoms with Crippen molar-refractivity contribution in [2.24, 2.45) is 0 Å². The van der Waals surface area contributed by atoms with Crippen molar-refractivity contribution in [2.75, 3.05) is 13.2 Å². The molecule has 13 heavy (non-hydrogen) atoms. The van der Waals surface area contributed by atoms with Gasteiger partial charge < -0.3 is 14.8 Å². The molecular formula is C9H17NO3. The second-order valence-corrected chi connectivity index (χ2v) is 3.16. The van der Waals surface area contributed by atoms with Gasteiger partial charge in [-0.25, -0.2) is 0 Å². The summed E-state index contributed by atoms with van der Waals surface area (Å²) in [6, 6.07) is 0.176. The number of hydrogen-bond donors (Lipinski definition) is 1. The van der Waals surface area contributed by atoms with Gasteiger partial charge in [0.15, 0.2) is 6.29 Å². The lowest BCUT2D eigenvalue weighted by atomic mass is 10.2. The maximum Gasteiger partial charge on any atom is 0.220 e. The Kier molecular flexibility index (Phi) is 4.18. The van der Waals surface area contributed by atoms with E-state index in [-0.39, 0.29) is 18.2 Å². The van der Waals surface area contributed by atoms with Crippen molar-refractivity contribution in [3.8, 4) is 0 Å². The van der Waals surface area contributed by atoms with E-state index in [2.05, 4.69) is 5.32 Å². The molecule has 1 aliphatic rings. The minimum absolute atomic E-state index is 0.123. The van der Waals surface area contributed by atoms with Crippen LogP contribution in [0.15, 0.2) is 0 Å². The number of ether oxygens (including phenoxy) is 2. The highest BCUT2D eigenvalue weighted by Crippen LogP contribution is 2.07. The summed E-state index contributed by atoms with van der Waals surface area (Å²) in [5.41, 5.74) is 0. The third-order valence-electron chi connectivity index (χ3n) is 2.02. The summed E-state index contributed by atoms with van der Waals surface area (Å²) in [6.45, 7) is 4.99. The standard InChI is InChI=1S/C9H17NO3/c1-3-12-7(2)13-6-8-4-5-9(11)10-8/h7-8H,3-6H2,1-2H3,(H,10,11)/t7?,8-/m0/s1. The van der Waals surface area contributed by atoms with Gasteiger partial charge in [-0.2, -0.15) is 0 Å². The molecule has 0 aromatic heterocycles. The van der Waals surface area contributed by atoms with Gasteiger partial charge in [-0.3, -0.25) is 4.79 Å². The largest absolute Gasteiger partial charge is 0.353 e. The molecule has 0 aromatic carbocycles. The molecule has 0 spiro atoms. The molecule has 4 nitrogen and oxygen atoms in total. The molecule has 4 heteroatoms. The lowest BCUT2D eigenvalue weighted by molar-refractivity contribution is -0.132. The molecule has 1 heterocycles. The van der Waals surface area contributed by atoms with Crippen LogP contribution in [0.1, 0.15) is 26.7 Å². The molecule has 0 radical (unpaired) electrons. The minimum atomic E-state index is -0.178. The van der Waals surface area contributed by atoms with Crippen LogP contribution in [-0.2, 0) is 14.3 Å². The summed E-state index contributed by atoms with van der Waals surface area (Å²) in [4.78, 5) is 10.8. The van der Waals surface area contributed by atoms with Crippen LogP contribution >= 0.6 is 0 Å². The highest BCUT2D eigenvalue weighted by Gasteiger charge is 2.21. The van der Waals surface area contributed by atoms with Crippen molar-refractivity contribution < 1.29 is 14.3 Å². The van der Waals surface area contributed by atoms with E-state index in [1.807, 2.05) is 13.8 Å². The first-order chi connectivity index (χ1) is 6.22. The summed E-state index contributed by atoms with van der Waals surface area (Å²) in [5, 5.41) is 2.83.